The second-order valence-electron chi connectivity index (χ2n) is 8.28. The normalized spacial score (nSPS) is 29.8. The van der Waals surface area contributed by atoms with Crippen LogP contribution in [0.4, 0.5) is 0 Å². The third kappa shape index (κ3) is 2.98. The van der Waals surface area contributed by atoms with Crippen molar-refractivity contribution in [1.82, 2.24) is 15.2 Å². The number of rotatable bonds is 4. The molecule has 4 atom stereocenters. The predicted molar refractivity (Wildman–Crippen MR) is 103 cm³/mol. The molecule has 0 unspecified atom stereocenters. The lowest BCUT2D eigenvalue weighted by Gasteiger charge is -2.29. The first-order valence-corrected chi connectivity index (χ1v) is 9.96. The second kappa shape index (κ2) is 6.59. The fourth-order valence-corrected chi connectivity index (χ4v) is 5.26. The molecule has 2 N–H and O–H groups in total. The summed E-state index contributed by atoms with van der Waals surface area (Å²) < 4.78 is 11.8. The summed E-state index contributed by atoms with van der Waals surface area (Å²) in [6.45, 7) is 3.20. The largest absolute Gasteiger partial charge is 0.456 e. The van der Waals surface area contributed by atoms with Gasteiger partial charge in [0.05, 0.1) is 18.2 Å². The van der Waals surface area contributed by atoms with Gasteiger partial charge in [0.1, 0.15) is 11.5 Å². The molecular formula is C21H23N3O5. The van der Waals surface area contributed by atoms with Crippen LogP contribution in [-0.4, -0.2) is 53.0 Å². The number of aromatic nitrogens is 1. The molecule has 3 saturated heterocycles. The van der Waals surface area contributed by atoms with E-state index in [0.29, 0.717) is 31.1 Å². The quantitative estimate of drug-likeness (QED) is 0.810. The molecule has 2 bridgehead atoms. The third-order valence-corrected chi connectivity index (χ3v) is 6.51. The highest BCUT2D eigenvalue weighted by molar-refractivity contribution is 5.92. The average Bonchev–Trinajstić information content (AvgIpc) is 3.45. The molecule has 2 aromatic rings. The molecule has 3 aliphatic rings. The zero-order valence-corrected chi connectivity index (χ0v) is 16.1. The van der Waals surface area contributed by atoms with Gasteiger partial charge in [-0.2, -0.15) is 0 Å². The van der Waals surface area contributed by atoms with Crippen molar-refractivity contribution in [3.63, 3.8) is 0 Å². The molecule has 2 amide bonds. The summed E-state index contributed by atoms with van der Waals surface area (Å²) in [5.41, 5.74) is -0.0649. The molecule has 0 aromatic carbocycles. The monoisotopic (exact) mass is 397 g/mol. The minimum Gasteiger partial charge on any atom is -0.456 e. The first-order chi connectivity index (χ1) is 13.9. The van der Waals surface area contributed by atoms with E-state index in [1.807, 2.05) is 0 Å². The number of H-pyrrole nitrogens is 1. The van der Waals surface area contributed by atoms with E-state index in [9.17, 15) is 14.4 Å². The van der Waals surface area contributed by atoms with E-state index in [2.05, 4.69) is 10.3 Å². The summed E-state index contributed by atoms with van der Waals surface area (Å²) in [5, 5.41) is 3.00. The summed E-state index contributed by atoms with van der Waals surface area (Å²) >= 11 is 0. The Bertz CT molecular complexity index is 1010. The van der Waals surface area contributed by atoms with Gasteiger partial charge in [0, 0.05) is 43.3 Å². The summed E-state index contributed by atoms with van der Waals surface area (Å²) in [4.78, 5) is 41.6. The highest BCUT2D eigenvalue weighted by Crippen LogP contribution is 2.54. The van der Waals surface area contributed by atoms with E-state index in [1.165, 1.54) is 12.1 Å². The Balaban J connectivity index is 1.31. The molecule has 3 fully saturated rings. The number of carbonyl (C=O) groups is 2. The van der Waals surface area contributed by atoms with Crippen LogP contribution in [0, 0.1) is 18.8 Å². The topological polar surface area (TPSA) is 105 Å². The van der Waals surface area contributed by atoms with Crippen LogP contribution < -0.4 is 10.7 Å². The third-order valence-electron chi connectivity index (χ3n) is 6.51. The molecule has 29 heavy (non-hydrogen) atoms. The van der Waals surface area contributed by atoms with Crippen LogP contribution in [0.2, 0.25) is 0 Å². The maximum Gasteiger partial charge on any atom is 0.289 e. The zero-order chi connectivity index (χ0) is 20.2. The van der Waals surface area contributed by atoms with E-state index in [4.69, 9.17) is 9.15 Å². The van der Waals surface area contributed by atoms with Gasteiger partial charge >= 0.3 is 0 Å². The van der Waals surface area contributed by atoms with Crippen molar-refractivity contribution in [2.45, 2.75) is 31.5 Å². The van der Waals surface area contributed by atoms with Crippen LogP contribution in [0.25, 0.3) is 0 Å². The molecule has 5 rings (SSSR count). The summed E-state index contributed by atoms with van der Waals surface area (Å²) in [5.74, 6) is 0.378. The molecule has 8 heteroatoms. The standard InChI is InChI=1S/C21H23N3O5/c1-12-7-13(25)8-18(28-12)20(27)24-10-15-14(17-4-5-21(15,11-24)29-17)9-23-19(26)16-3-2-6-22-16/h2-3,6-8,14-15,17,22H,4-5,9-11H2,1H3,(H,23,26)/t14-,15+,17+,21+/m0/s1. The van der Waals surface area contributed by atoms with Crippen LogP contribution in [0.15, 0.2) is 39.7 Å². The van der Waals surface area contributed by atoms with Gasteiger partial charge < -0.3 is 24.4 Å². The Labute approximate surface area is 167 Å². The fourth-order valence-electron chi connectivity index (χ4n) is 5.26. The Hall–Kier alpha value is -2.87. The number of hydrogen-bond donors (Lipinski definition) is 2. The molecule has 0 aliphatic carbocycles. The first kappa shape index (κ1) is 18.2. The van der Waals surface area contributed by atoms with Gasteiger partial charge in [0.2, 0.25) is 0 Å². The molecule has 0 saturated carbocycles. The predicted octanol–water partition coefficient (Wildman–Crippen LogP) is 1.33. The summed E-state index contributed by atoms with van der Waals surface area (Å²) in [6, 6.07) is 6.13. The Morgan fingerprint density at radius 3 is 3.00 bits per heavy atom. The summed E-state index contributed by atoms with van der Waals surface area (Å²) in [7, 11) is 0. The molecule has 152 valence electrons. The lowest BCUT2D eigenvalue weighted by Crippen LogP contribution is -2.42. The van der Waals surface area contributed by atoms with Crippen molar-refractivity contribution in [1.29, 1.82) is 0 Å². The van der Waals surface area contributed by atoms with Crippen molar-refractivity contribution in [2.75, 3.05) is 19.6 Å². The Morgan fingerprint density at radius 2 is 2.24 bits per heavy atom. The molecule has 3 aliphatic heterocycles. The first-order valence-electron chi connectivity index (χ1n) is 9.96. The SMILES string of the molecule is Cc1cc(=O)cc(C(=O)N2C[C@@H]3[C@H](CNC(=O)c4ccc[nH]4)[C@H]4CC[C@]3(C2)O4)o1. The Morgan fingerprint density at radius 1 is 1.38 bits per heavy atom. The van der Waals surface area contributed by atoms with Gasteiger partial charge in [0.15, 0.2) is 11.2 Å². The molecule has 1 spiro atoms. The van der Waals surface area contributed by atoms with Crippen molar-refractivity contribution in [3.8, 4) is 0 Å². The molecule has 2 aromatic heterocycles. The van der Waals surface area contributed by atoms with Crippen molar-refractivity contribution < 1.29 is 18.7 Å². The van der Waals surface area contributed by atoms with E-state index in [-0.39, 0.29) is 46.5 Å². The average molecular weight is 397 g/mol. The number of nitrogens with zero attached hydrogens (tertiary/aromatic N) is 1. The van der Waals surface area contributed by atoms with Crippen LogP contribution in [0.5, 0.6) is 0 Å². The van der Waals surface area contributed by atoms with Crippen molar-refractivity contribution in [3.05, 3.63) is 57.9 Å². The maximum absolute atomic E-state index is 12.9. The molecule has 0 radical (unpaired) electrons. The molecule has 8 nitrogen and oxygen atoms in total. The minimum atomic E-state index is -0.355. The number of amides is 2. The molecule has 5 heterocycles. The van der Waals surface area contributed by atoms with Crippen LogP contribution in [0.1, 0.15) is 39.6 Å². The number of fused-ring (bicyclic) bond motifs is 1. The van der Waals surface area contributed by atoms with E-state index in [0.717, 1.165) is 12.8 Å². The van der Waals surface area contributed by atoms with Crippen molar-refractivity contribution >= 4 is 11.8 Å². The minimum absolute atomic E-state index is 0.0671. The fraction of sp³-hybridized carbons (Fsp3) is 0.476. The maximum atomic E-state index is 12.9. The van der Waals surface area contributed by atoms with Gasteiger partial charge in [-0.1, -0.05) is 0 Å². The zero-order valence-electron chi connectivity index (χ0n) is 16.1. The number of ether oxygens (including phenoxy) is 1. The smallest absolute Gasteiger partial charge is 0.289 e. The number of likely N-dealkylation sites (tertiary alicyclic amines) is 1. The summed E-state index contributed by atoms with van der Waals surface area (Å²) in [6.07, 6.45) is 3.67. The molecular weight excluding hydrogens is 374 g/mol. The van der Waals surface area contributed by atoms with Gasteiger partial charge in [-0.25, -0.2) is 0 Å². The lowest BCUT2D eigenvalue weighted by molar-refractivity contribution is 0.00282. The number of hydrogen-bond acceptors (Lipinski definition) is 5. The van der Waals surface area contributed by atoms with Gasteiger partial charge in [0.25, 0.3) is 11.8 Å². The highest BCUT2D eigenvalue weighted by Gasteiger charge is 2.63. The highest BCUT2D eigenvalue weighted by atomic mass is 16.5. The van der Waals surface area contributed by atoms with Crippen LogP contribution >= 0.6 is 0 Å². The van der Waals surface area contributed by atoms with Crippen molar-refractivity contribution in [2.24, 2.45) is 11.8 Å². The van der Waals surface area contributed by atoms with E-state index < -0.39 is 0 Å². The Kier molecular flexibility index (Phi) is 4.13. The number of nitrogens with one attached hydrogen (secondary N) is 2. The van der Waals surface area contributed by atoms with E-state index >= 15 is 0 Å². The van der Waals surface area contributed by atoms with Gasteiger partial charge in [-0.3, -0.25) is 14.4 Å². The van der Waals surface area contributed by atoms with E-state index in [1.54, 1.807) is 30.2 Å². The second-order valence-corrected chi connectivity index (χ2v) is 8.28. The number of carbonyl (C=O) groups excluding carboxylic acids is 2. The van der Waals surface area contributed by atoms with Crippen LogP contribution in [0.3, 0.4) is 0 Å². The number of aromatic amines is 1. The lowest BCUT2D eigenvalue weighted by atomic mass is 9.73. The van der Waals surface area contributed by atoms with Crippen LogP contribution in [-0.2, 0) is 4.74 Å². The van der Waals surface area contributed by atoms with Gasteiger partial charge in [-0.15, -0.1) is 0 Å². The van der Waals surface area contributed by atoms with Gasteiger partial charge in [-0.05, 0) is 31.9 Å². The number of aryl methyl sites for hydroxylation is 1.